The predicted octanol–water partition coefficient (Wildman–Crippen LogP) is -1.11. The van der Waals surface area contributed by atoms with Crippen molar-refractivity contribution < 1.29 is 24.2 Å². The molecule has 0 aromatic heterocycles. The molecule has 76 valence electrons. The summed E-state index contributed by atoms with van der Waals surface area (Å²) in [6.45, 7) is 0.224. The number of β-lactam (4-membered cyclic amide) rings is 1. The molecule has 1 spiro atoms. The van der Waals surface area contributed by atoms with Gasteiger partial charge in [-0.1, -0.05) is 0 Å². The molecule has 1 unspecified atom stereocenters. The number of amides is 1. The van der Waals surface area contributed by atoms with Crippen LogP contribution in [0, 0.1) is 5.92 Å². The molecule has 2 saturated heterocycles. The van der Waals surface area contributed by atoms with E-state index in [9.17, 15) is 14.4 Å². The molecular formula is C8H9NO5. The molecule has 0 bridgehead atoms. The summed E-state index contributed by atoms with van der Waals surface area (Å²) >= 11 is 0. The minimum absolute atomic E-state index is 0.0832. The number of aliphatic carboxylic acids is 1. The maximum absolute atomic E-state index is 11.1. The highest BCUT2D eigenvalue weighted by atomic mass is 16.6. The van der Waals surface area contributed by atoms with E-state index in [1.807, 2.05) is 0 Å². The molecule has 2 atom stereocenters. The number of hydrogen-bond acceptors (Lipinski definition) is 4. The van der Waals surface area contributed by atoms with Crippen LogP contribution in [-0.4, -0.2) is 35.1 Å². The highest BCUT2D eigenvalue weighted by Gasteiger charge is 2.55. The maximum Gasteiger partial charge on any atom is 0.307 e. The lowest BCUT2D eigenvalue weighted by molar-refractivity contribution is -0.191. The molecule has 2 rings (SSSR count). The van der Waals surface area contributed by atoms with Crippen LogP contribution in [0.3, 0.4) is 0 Å². The quantitative estimate of drug-likeness (QED) is 0.412. The van der Waals surface area contributed by atoms with Crippen LogP contribution in [0.5, 0.6) is 0 Å². The Balaban J connectivity index is 2.18. The van der Waals surface area contributed by atoms with E-state index in [1.54, 1.807) is 0 Å². The monoisotopic (exact) mass is 199 g/mol. The summed E-state index contributed by atoms with van der Waals surface area (Å²) in [5.74, 6) is -2.86. The van der Waals surface area contributed by atoms with E-state index in [2.05, 4.69) is 5.32 Å². The van der Waals surface area contributed by atoms with Gasteiger partial charge in [0.1, 0.15) is 0 Å². The van der Waals surface area contributed by atoms with Crippen molar-refractivity contribution >= 4 is 17.8 Å². The lowest BCUT2D eigenvalue weighted by Crippen LogP contribution is -2.69. The van der Waals surface area contributed by atoms with Crippen molar-refractivity contribution in [2.45, 2.75) is 18.4 Å². The van der Waals surface area contributed by atoms with Crippen molar-refractivity contribution in [3.63, 3.8) is 0 Å². The van der Waals surface area contributed by atoms with E-state index in [1.165, 1.54) is 0 Å². The molecule has 2 N–H and O–H groups in total. The number of esters is 1. The van der Waals surface area contributed by atoms with Gasteiger partial charge in [0.05, 0.1) is 18.9 Å². The molecule has 0 aromatic carbocycles. The molecule has 2 heterocycles. The fourth-order valence-electron chi connectivity index (χ4n) is 1.75. The topological polar surface area (TPSA) is 92.7 Å². The van der Waals surface area contributed by atoms with E-state index in [4.69, 9.17) is 9.84 Å². The van der Waals surface area contributed by atoms with Crippen LogP contribution in [0.2, 0.25) is 0 Å². The SMILES string of the molecule is O=C1CC(C(=O)O)C[C@]2(CNC2=O)O1. The molecule has 2 aliphatic rings. The third-order valence-electron chi connectivity index (χ3n) is 2.60. The molecule has 2 aliphatic heterocycles. The first kappa shape index (κ1) is 8.98. The second-order valence-corrected chi connectivity index (χ2v) is 3.59. The van der Waals surface area contributed by atoms with Gasteiger partial charge in [0.15, 0.2) is 0 Å². The van der Waals surface area contributed by atoms with Crippen molar-refractivity contribution in [2.24, 2.45) is 5.92 Å². The van der Waals surface area contributed by atoms with Gasteiger partial charge < -0.3 is 15.2 Å². The van der Waals surface area contributed by atoms with Crippen LogP contribution in [0.4, 0.5) is 0 Å². The fourth-order valence-corrected chi connectivity index (χ4v) is 1.75. The number of nitrogens with one attached hydrogen (secondary N) is 1. The van der Waals surface area contributed by atoms with Crippen molar-refractivity contribution in [3.05, 3.63) is 0 Å². The summed E-state index contributed by atoms with van der Waals surface area (Å²) in [4.78, 5) is 32.9. The molecule has 0 saturated carbocycles. The lowest BCUT2D eigenvalue weighted by Gasteiger charge is -2.43. The zero-order valence-corrected chi connectivity index (χ0v) is 7.28. The highest BCUT2D eigenvalue weighted by Crippen LogP contribution is 2.33. The first-order valence-electron chi connectivity index (χ1n) is 4.26. The lowest BCUT2D eigenvalue weighted by atomic mass is 9.81. The van der Waals surface area contributed by atoms with E-state index in [0.29, 0.717) is 0 Å². The number of hydrogen-bond donors (Lipinski definition) is 2. The van der Waals surface area contributed by atoms with E-state index < -0.39 is 29.4 Å². The minimum Gasteiger partial charge on any atom is -0.481 e. The van der Waals surface area contributed by atoms with Gasteiger partial charge in [0, 0.05) is 6.42 Å². The Morgan fingerprint density at radius 1 is 1.57 bits per heavy atom. The van der Waals surface area contributed by atoms with Crippen LogP contribution in [-0.2, 0) is 19.1 Å². The number of carbonyl (C=O) groups excluding carboxylic acids is 2. The van der Waals surface area contributed by atoms with E-state index in [-0.39, 0.29) is 19.4 Å². The summed E-state index contributed by atoms with van der Waals surface area (Å²) in [6, 6.07) is 0. The van der Waals surface area contributed by atoms with Crippen molar-refractivity contribution in [1.29, 1.82) is 0 Å². The molecule has 0 aromatic rings. The van der Waals surface area contributed by atoms with Crippen LogP contribution in [0.25, 0.3) is 0 Å². The molecular weight excluding hydrogens is 190 g/mol. The van der Waals surface area contributed by atoms with Crippen LogP contribution in [0.1, 0.15) is 12.8 Å². The Kier molecular flexibility index (Phi) is 1.73. The summed E-state index contributed by atoms with van der Waals surface area (Å²) in [6.07, 6.45) is -0.0652. The summed E-state index contributed by atoms with van der Waals surface area (Å²) in [5, 5.41) is 11.2. The first-order chi connectivity index (χ1) is 6.53. The number of rotatable bonds is 1. The Hall–Kier alpha value is -1.59. The van der Waals surface area contributed by atoms with Crippen molar-refractivity contribution in [2.75, 3.05) is 6.54 Å². The van der Waals surface area contributed by atoms with Gasteiger partial charge in [-0.3, -0.25) is 14.4 Å². The van der Waals surface area contributed by atoms with E-state index in [0.717, 1.165) is 0 Å². The molecule has 6 heteroatoms. The second-order valence-electron chi connectivity index (χ2n) is 3.59. The smallest absolute Gasteiger partial charge is 0.307 e. The standard InChI is InChI=1S/C8H9NO5/c10-5-1-4(6(11)12)2-8(14-5)3-9-7(8)13/h4H,1-3H2,(H,9,13)(H,11,12)/t4?,8-/m1/s1. The van der Waals surface area contributed by atoms with Gasteiger partial charge in [-0.05, 0) is 0 Å². The molecule has 0 radical (unpaired) electrons. The summed E-state index contributed by atoms with van der Waals surface area (Å²) in [5.41, 5.74) is -1.20. The Labute approximate surface area is 79.2 Å². The molecule has 1 amide bonds. The minimum atomic E-state index is -1.20. The zero-order chi connectivity index (χ0) is 10.3. The van der Waals surface area contributed by atoms with Gasteiger partial charge in [0.25, 0.3) is 5.91 Å². The average molecular weight is 199 g/mol. The van der Waals surface area contributed by atoms with Crippen molar-refractivity contribution in [1.82, 2.24) is 5.32 Å². The second kappa shape index (κ2) is 2.70. The Morgan fingerprint density at radius 2 is 2.29 bits per heavy atom. The highest BCUT2D eigenvalue weighted by molar-refractivity contribution is 5.95. The summed E-state index contributed by atoms with van der Waals surface area (Å²) < 4.78 is 4.89. The van der Waals surface area contributed by atoms with E-state index >= 15 is 0 Å². The first-order valence-corrected chi connectivity index (χ1v) is 4.26. The normalized spacial score (nSPS) is 35.9. The number of carboxylic acid groups (broad SMARTS) is 1. The van der Waals surface area contributed by atoms with Crippen LogP contribution >= 0.6 is 0 Å². The number of carboxylic acids is 1. The Bertz CT molecular complexity index is 326. The van der Waals surface area contributed by atoms with Crippen LogP contribution in [0.15, 0.2) is 0 Å². The van der Waals surface area contributed by atoms with Gasteiger partial charge in [0.2, 0.25) is 5.60 Å². The average Bonchev–Trinajstić information content (AvgIpc) is 2.14. The van der Waals surface area contributed by atoms with Crippen molar-refractivity contribution in [3.8, 4) is 0 Å². The van der Waals surface area contributed by atoms with Gasteiger partial charge in [-0.25, -0.2) is 0 Å². The van der Waals surface area contributed by atoms with Gasteiger partial charge in [-0.2, -0.15) is 0 Å². The van der Waals surface area contributed by atoms with Gasteiger partial charge >= 0.3 is 11.9 Å². The molecule has 6 nitrogen and oxygen atoms in total. The van der Waals surface area contributed by atoms with Gasteiger partial charge in [-0.15, -0.1) is 0 Å². The fraction of sp³-hybridized carbons (Fsp3) is 0.625. The zero-order valence-electron chi connectivity index (χ0n) is 7.28. The number of ether oxygens (including phenoxy) is 1. The molecule has 14 heavy (non-hydrogen) atoms. The third kappa shape index (κ3) is 1.14. The third-order valence-corrected chi connectivity index (χ3v) is 2.60. The summed E-state index contributed by atoms with van der Waals surface area (Å²) in [7, 11) is 0. The molecule has 2 fully saturated rings. The predicted molar refractivity (Wildman–Crippen MR) is 42.2 cm³/mol. The largest absolute Gasteiger partial charge is 0.481 e. The number of carbonyl (C=O) groups is 3. The Morgan fingerprint density at radius 3 is 2.71 bits per heavy atom. The molecule has 0 aliphatic carbocycles. The maximum atomic E-state index is 11.1. The van der Waals surface area contributed by atoms with Crippen LogP contribution < -0.4 is 5.32 Å².